The monoisotopic (exact) mass is 443 g/mol. The maximum atomic E-state index is 12.2. The van der Waals surface area contributed by atoms with Gasteiger partial charge in [0.2, 0.25) is 11.5 Å². The Morgan fingerprint density at radius 2 is 1.28 bits per heavy atom. The van der Waals surface area contributed by atoms with Gasteiger partial charge in [-0.05, 0) is 48.7 Å². The van der Waals surface area contributed by atoms with Crippen LogP contribution in [0.4, 0.5) is 0 Å². The number of ketones is 1. The van der Waals surface area contributed by atoms with Crippen LogP contribution in [0, 0.1) is 5.92 Å². The van der Waals surface area contributed by atoms with E-state index in [1.54, 1.807) is 6.08 Å². The predicted octanol–water partition coefficient (Wildman–Crippen LogP) is 2.66. The fraction of sp³-hybridized carbons (Fsp3) is 0.304. The van der Waals surface area contributed by atoms with Gasteiger partial charge >= 0.3 is 0 Å². The maximum Gasteiger partial charge on any atom is 0.202 e. The molecule has 0 amide bonds. The lowest BCUT2D eigenvalue weighted by molar-refractivity contribution is -0.125. The van der Waals surface area contributed by atoms with Crippen LogP contribution in [0.3, 0.4) is 0 Å². The molecule has 5 rings (SSSR count). The second-order valence-corrected chi connectivity index (χ2v) is 7.46. The molecule has 0 aromatic heterocycles. The lowest BCUT2D eigenvalue weighted by Gasteiger charge is -2.41. The summed E-state index contributed by atoms with van der Waals surface area (Å²) >= 11 is 0. The molecule has 32 heavy (non-hydrogen) atoms. The maximum absolute atomic E-state index is 12.2. The van der Waals surface area contributed by atoms with E-state index < -0.39 is 0 Å². The van der Waals surface area contributed by atoms with E-state index in [4.69, 9.17) is 14.9 Å². The van der Waals surface area contributed by atoms with Crippen molar-refractivity contribution in [1.29, 1.82) is 0 Å². The molecular formula is C23H25NO8. The minimum Gasteiger partial charge on any atom is -0.504 e. The van der Waals surface area contributed by atoms with Crippen molar-refractivity contribution in [2.24, 2.45) is 5.92 Å². The number of allylic oxidation sites excluding steroid dienone is 1. The van der Waals surface area contributed by atoms with Gasteiger partial charge < -0.3 is 34.8 Å². The zero-order valence-corrected chi connectivity index (χ0v) is 17.7. The van der Waals surface area contributed by atoms with Crippen LogP contribution in [0.15, 0.2) is 30.0 Å². The topological polar surface area (TPSA) is 137 Å². The highest BCUT2D eigenvalue weighted by Crippen LogP contribution is 2.39. The Morgan fingerprint density at radius 1 is 0.844 bits per heavy atom. The quantitative estimate of drug-likeness (QED) is 0.415. The molecule has 2 bridgehead atoms. The Hall–Kier alpha value is -3.88. The number of carbonyl (C=O) groups excluding carboxylic acids is 2. The standard InChI is InChI=1S/C15H17NO4.C8H8O4/c1-20-15-12(17)7-9(8-13(15)18)6-11-14(19)10-2-4-16(11)5-3-10;1-12-8-6(10)2-5(4-9)3-7(8)11/h6-8,10,17-18H,2-5H2,1H3;2-4,10-11H,1H3. The van der Waals surface area contributed by atoms with Gasteiger partial charge in [0.15, 0.2) is 28.8 Å². The van der Waals surface area contributed by atoms with Gasteiger partial charge in [0.1, 0.15) is 6.29 Å². The number of Topliss-reactive ketones (excluding diaryl/α,β-unsaturated/α-hetero) is 1. The highest BCUT2D eigenvalue weighted by Gasteiger charge is 2.36. The molecule has 0 atom stereocenters. The molecule has 3 saturated heterocycles. The average molecular weight is 443 g/mol. The fourth-order valence-corrected chi connectivity index (χ4v) is 3.88. The molecule has 9 nitrogen and oxygen atoms in total. The van der Waals surface area contributed by atoms with Crippen molar-refractivity contribution in [2.75, 3.05) is 27.3 Å². The molecule has 3 aliphatic rings. The van der Waals surface area contributed by atoms with E-state index >= 15 is 0 Å². The van der Waals surface area contributed by atoms with Gasteiger partial charge in [-0.1, -0.05) is 0 Å². The van der Waals surface area contributed by atoms with Crippen molar-refractivity contribution in [3.63, 3.8) is 0 Å². The smallest absolute Gasteiger partial charge is 0.202 e. The summed E-state index contributed by atoms with van der Waals surface area (Å²) in [5, 5.41) is 37.9. The Kier molecular flexibility index (Phi) is 6.77. The SMILES string of the molecule is COc1c(O)cc(C=C2C(=O)C3CCN2CC3)cc1O.COc1c(O)cc(C=O)cc1O. The third-order valence-corrected chi connectivity index (χ3v) is 5.45. The predicted molar refractivity (Wildman–Crippen MR) is 115 cm³/mol. The van der Waals surface area contributed by atoms with Crippen molar-refractivity contribution in [3.05, 3.63) is 41.1 Å². The molecule has 4 N–H and O–H groups in total. The minimum atomic E-state index is -0.250. The Balaban J connectivity index is 0.000000207. The van der Waals surface area contributed by atoms with Crippen LogP contribution in [0.1, 0.15) is 28.8 Å². The molecular weight excluding hydrogens is 418 g/mol. The molecule has 0 saturated carbocycles. The largest absolute Gasteiger partial charge is 0.504 e. The number of carbonyl (C=O) groups is 2. The van der Waals surface area contributed by atoms with Crippen LogP contribution in [-0.4, -0.2) is 64.7 Å². The van der Waals surface area contributed by atoms with Crippen LogP contribution in [0.5, 0.6) is 34.5 Å². The lowest BCUT2D eigenvalue weighted by atomic mass is 9.84. The van der Waals surface area contributed by atoms with Gasteiger partial charge in [0, 0.05) is 24.6 Å². The molecule has 0 unspecified atom stereocenters. The van der Waals surface area contributed by atoms with E-state index in [1.165, 1.54) is 38.5 Å². The van der Waals surface area contributed by atoms with Gasteiger partial charge in [-0.25, -0.2) is 0 Å². The highest BCUT2D eigenvalue weighted by molar-refractivity contribution is 6.02. The zero-order chi connectivity index (χ0) is 23.4. The first-order valence-corrected chi connectivity index (χ1v) is 9.95. The van der Waals surface area contributed by atoms with Crippen LogP contribution in [-0.2, 0) is 4.79 Å². The van der Waals surface area contributed by atoms with E-state index in [-0.39, 0.29) is 51.8 Å². The van der Waals surface area contributed by atoms with Crippen molar-refractivity contribution in [3.8, 4) is 34.5 Å². The number of aromatic hydroxyl groups is 4. The Labute approximate surface area is 184 Å². The third-order valence-electron chi connectivity index (χ3n) is 5.45. The molecule has 0 radical (unpaired) electrons. The summed E-state index contributed by atoms with van der Waals surface area (Å²) in [7, 11) is 2.69. The number of rotatable bonds is 4. The number of aldehydes is 1. The van der Waals surface area contributed by atoms with Crippen molar-refractivity contribution in [1.82, 2.24) is 4.90 Å². The molecule has 0 spiro atoms. The normalized spacial score (nSPS) is 16.5. The van der Waals surface area contributed by atoms with E-state index in [1.807, 2.05) is 0 Å². The van der Waals surface area contributed by atoms with Crippen molar-refractivity contribution >= 4 is 18.1 Å². The molecule has 3 aliphatic heterocycles. The number of hydrogen-bond acceptors (Lipinski definition) is 9. The summed E-state index contributed by atoms with van der Waals surface area (Å²) in [4.78, 5) is 24.5. The summed E-state index contributed by atoms with van der Waals surface area (Å²) in [6, 6.07) is 5.40. The first kappa shape index (κ1) is 22.8. The van der Waals surface area contributed by atoms with E-state index in [9.17, 15) is 19.8 Å². The minimum absolute atomic E-state index is 0.0272. The first-order valence-electron chi connectivity index (χ1n) is 9.95. The number of fused-ring (bicyclic) bond motifs is 3. The highest BCUT2D eigenvalue weighted by atomic mass is 16.5. The molecule has 3 fully saturated rings. The fourth-order valence-electron chi connectivity index (χ4n) is 3.88. The van der Waals surface area contributed by atoms with Crippen molar-refractivity contribution in [2.45, 2.75) is 12.8 Å². The van der Waals surface area contributed by atoms with Gasteiger partial charge in [0.05, 0.1) is 19.9 Å². The van der Waals surface area contributed by atoms with Crippen LogP contribution in [0.25, 0.3) is 6.08 Å². The number of piperidine rings is 3. The van der Waals surface area contributed by atoms with Crippen LogP contribution < -0.4 is 9.47 Å². The lowest BCUT2D eigenvalue weighted by Crippen LogP contribution is -2.45. The number of benzene rings is 2. The van der Waals surface area contributed by atoms with Gasteiger partial charge in [-0.2, -0.15) is 0 Å². The van der Waals surface area contributed by atoms with Crippen molar-refractivity contribution < 1.29 is 39.5 Å². The second kappa shape index (κ2) is 9.51. The summed E-state index contributed by atoms with van der Waals surface area (Å²) < 4.78 is 9.55. The summed E-state index contributed by atoms with van der Waals surface area (Å²) in [5.41, 5.74) is 1.47. The number of hydrogen-bond donors (Lipinski definition) is 4. The number of methoxy groups -OCH3 is 2. The summed E-state index contributed by atoms with van der Waals surface area (Å²) in [6.45, 7) is 1.80. The number of phenols is 4. The average Bonchev–Trinajstić information content (AvgIpc) is 2.76. The zero-order valence-electron chi connectivity index (χ0n) is 17.7. The Bertz CT molecular complexity index is 1010. The number of ether oxygens (including phenoxy) is 2. The summed E-state index contributed by atoms with van der Waals surface area (Å²) in [5.74, 6) is -0.460. The Morgan fingerprint density at radius 3 is 1.66 bits per heavy atom. The molecule has 2 aromatic rings. The van der Waals surface area contributed by atoms with Gasteiger partial charge in [0.25, 0.3) is 0 Å². The first-order chi connectivity index (χ1) is 15.3. The number of nitrogens with zero attached hydrogens (tertiary/aromatic N) is 1. The molecule has 170 valence electrons. The second-order valence-electron chi connectivity index (χ2n) is 7.46. The van der Waals surface area contributed by atoms with Crippen LogP contribution in [0.2, 0.25) is 0 Å². The molecule has 3 heterocycles. The van der Waals surface area contributed by atoms with Gasteiger partial charge in [-0.3, -0.25) is 9.59 Å². The van der Waals surface area contributed by atoms with Gasteiger partial charge in [-0.15, -0.1) is 0 Å². The van der Waals surface area contributed by atoms with E-state index in [0.717, 1.165) is 25.9 Å². The van der Waals surface area contributed by atoms with E-state index in [0.29, 0.717) is 17.5 Å². The number of phenolic OH excluding ortho intramolecular Hbond substituents is 4. The molecule has 0 aliphatic carbocycles. The third kappa shape index (κ3) is 4.56. The van der Waals surface area contributed by atoms with E-state index in [2.05, 4.69) is 9.64 Å². The summed E-state index contributed by atoms with van der Waals surface area (Å²) in [6.07, 6.45) is 4.11. The molecule has 9 heteroatoms. The molecule has 2 aromatic carbocycles. The van der Waals surface area contributed by atoms with Crippen LogP contribution >= 0.6 is 0 Å².